The van der Waals surface area contributed by atoms with Gasteiger partial charge in [-0.3, -0.25) is 4.79 Å². The molecule has 2 N–H and O–H groups in total. The number of rotatable bonds is 8. The van der Waals surface area contributed by atoms with Crippen molar-refractivity contribution in [3.63, 3.8) is 0 Å². The normalized spacial score (nSPS) is 10.3. The summed E-state index contributed by atoms with van der Waals surface area (Å²) in [4.78, 5) is 20.7. The van der Waals surface area contributed by atoms with Gasteiger partial charge in [0.1, 0.15) is 11.6 Å². The van der Waals surface area contributed by atoms with E-state index in [2.05, 4.69) is 34.4 Å². The quantitative estimate of drug-likeness (QED) is 0.776. The molecule has 23 heavy (non-hydrogen) atoms. The fourth-order valence-corrected chi connectivity index (χ4v) is 2.10. The van der Waals surface area contributed by atoms with Gasteiger partial charge in [-0.05, 0) is 43.0 Å². The van der Waals surface area contributed by atoms with Crippen molar-refractivity contribution >= 4 is 17.5 Å². The van der Waals surface area contributed by atoms with Crippen molar-refractivity contribution in [2.75, 3.05) is 17.2 Å². The van der Waals surface area contributed by atoms with Gasteiger partial charge in [-0.15, -0.1) is 0 Å². The molecule has 0 spiro atoms. The van der Waals surface area contributed by atoms with Gasteiger partial charge < -0.3 is 10.6 Å². The number of amides is 1. The Morgan fingerprint density at radius 2 is 1.78 bits per heavy atom. The van der Waals surface area contributed by atoms with E-state index in [4.69, 9.17) is 0 Å². The molecule has 0 aliphatic carbocycles. The highest BCUT2D eigenvalue weighted by Gasteiger charge is 2.07. The summed E-state index contributed by atoms with van der Waals surface area (Å²) in [6.45, 7) is 5.13. The highest BCUT2D eigenvalue weighted by Crippen LogP contribution is 2.11. The van der Waals surface area contributed by atoms with Crippen molar-refractivity contribution in [1.29, 1.82) is 0 Å². The van der Waals surface area contributed by atoms with Crippen LogP contribution in [0.5, 0.6) is 0 Å². The van der Waals surface area contributed by atoms with Gasteiger partial charge >= 0.3 is 0 Å². The van der Waals surface area contributed by atoms with Gasteiger partial charge in [0, 0.05) is 18.9 Å². The average molecular weight is 312 g/mol. The number of hydrogen-bond acceptors (Lipinski definition) is 4. The lowest BCUT2D eigenvalue weighted by Gasteiger charge is -2.07. The van der Waals surface area contributed by atoms with Gasteiger partial charge in [0.05, 0.1) is 5.56 Å². The topological polar surface area (TPSA) is 66.9 Å². The number of pyridine rings is 2. The van der Waals surface area contributed by atoms with Gasteiger partial charge in [-0.2, -0.15) is 0 Å². The Morgan fingerprint density at radius 3 is 2.39 bits per heavy atom. The molecule has 2 heterocycles. The molecule has 2 rings (SSSR count). The number of unbranched alkanes of at least 4 members (excludes halogenated alkanes) is 1. The number of anilines is 2. The van der Waals surface area contributed by atoms with E-state index in [0.29, 0.717) is 11.4 Å². The van der Waals surface area contributed by atoms with Crippen molar-refractivity contribution in [1.82, 2.24) is 9.97 Å². The van der Waals surface area contributed by atoms with Crippen LogP contribution >= 0.6 is 0 Å². The zero-order valence-corrected chi connectivity index (χ0v) is 13.8. The van der Waals surface area contributed by atoms with Gasteiger partial charge in [0.25, 0.3) is 5.91 Å². The highest BCUT2D eigenvalue weighted by molar-refractivity contribution is 6.03. The van der Waals surface area contributed by atoms with Gasteiger partial charge in [-0.1, -0.05) is 26.3 Å². The standard InChI is InChI=1S/C18H24N4O/c1-3-5-6-14-7-9-17(20-12-14)22-18(23)15-8-10-16(21-13-15)19-11-4-2/h7-10,12-13H,3-6,11H2,1-2H3,(H,19,21)(H,20,22,23). The highest BCUT2D eigenvalue weighted by atomic mass is 16.1. The fourth-order valence-electron chi connectivity index (χ4n) is 2.10. The van der Waals surface area contributed by atoms with Crippen LogP contribution in [0.2, 0.25) is 0 Å². The molecule has 2 aromatic rings. The van der Waals surface area contributed by atoms with E-state index in [1.807, 2.05) is 24.4 Å². The summed E-state index contributed by atoms with van der Waals surface area (Å²) < 4.78 is 0. The van der Waals surface area contributed by atoms with Crippen LogP contribution in [0, 0.1) is 0 Å². The molecule has 0 saturated carbocycles. The summed E-state index contributed by atoms with van der Waals surface area (Å²) in [5.41, 5.74) is 1.71. The van der Waals surface area contributed by atoms with Crippen LogP contribution < -0.4 is 10.6 Å². The van der Waals surface area contributed by atoms with Gasteiger partial charge in [-0.25, -0.2) is 9.97 Å². The van der Waals surface area contributed by atoms with Crippen LogP contribution in [0.25, 0.3) is 0 Å². The second kappa shape index (κ2) is 8.88. The van der Waals surface area contributed by atoms with E-state index >= 15 is 0 Å². The Hall–Kier alpha value is -2.43. The van der Waals surface area contributed by atoms with Crippen LogP contribution in [0.3, 0.4) is 0 Å². The maximum Gasteiger partial charge on any atom is 0.258 e. The van der Waals surface area contributed by atoms with Crippen LogP contribution in [-0.4, -0.2) is 22.4 Å². The summed E-state index contributed by atoms with van der Waals surface area (Å²) in [7, 11) is 0. The SMILES string of the molecule is CCCCc1ccc(NC(=O)c2ccc(NCCC)nc2)nc1. The Kier molecular flexibility index (Phi) is 6.54. The minimum atomic E-state index is -0.201. The predicted molar refractivity (Wildman–Crippen MR) is 93.8 cm³/mol. The number of carbonyl (C=O) groups is 1. The van der Waals surface area contributed by atoms with Crippen LogP contribution in [0.1, 0.15) is 49.0 Å². The Morgan fingerprint density at radius 1 is 1.00 bits per heavy atom. The maximum absolute atomic E-state index is 12.2. The van der Waals surface area contributed by atoms with Gasteiger partial charge in [0.15, 0.2) is 0 Å². The molecule has 0 unspecified atom stereocenters. The lowest BCUT2D eigenvalue weighted by atomic mass is 10.1. The molecule has 5 nitrogen and oxygen atoms in total. The lowest BCUT2D eigenvalue weighted by Crippen LogP contribution is -2.13. The first-order chi connectivity index (χ1) is 11.2. The molecule has 0 radical (unpaired) electrons. The molecule has 2 aromatic heterocycles. The summed E-state index contributed by atoms with van der Waals surface area (Å²) in [5, 5.41) is 5.97. The van der Waals surface area contributed by atoms with E-state index in [1.165, 1.54) is 5.56 Å². The molecular weight excluding hydrogens is 288 g/mol. The third-order valence-corrected chi connectivity index (χ3v) is 3.47. The first-order valence-corrected chi connectivity index (χ1v) is 8.19. The average Bonchev–Trinajstić information content (AvgIpc) is 2.59. The van der Waals surface area contributed by atoms with Crippen molar-refractivity contribution in [2.45, 2.75) is 39.5 Å². The first kappa shape index (κ1) is 16.9. The minimum Gasteiger partial charge on any atom is -0.370 e. The second-order valence-electron chi connectivity index (χ2n) is 5.47. The molecule has 1 amide bonds. The van der Waals surface area contributed by atoms with Crippen molar-refractivity contribution < 1.29 is 4.79 Å². The number of carbonyl (C=O) groups excluding carboxylic acids is 1. The molecule has 0 bridgehead atoms. The zero-order valence-electron chi connectivity index (χ0n) is 13.8. The van der Waals surface area contributed by atoms with E-state index in [-0.39, 0.29) is 5.91 Å². The van der Waals surface area contributed by atoms with Gasteiger partial charge in [0.2, 0.25) is 0 Å². The number of hydrogen-bond donors (Lipinski definition) is 2. The second-order valence-corrected chi connectivity index (χ2v) is 5.47. The van der Waals surface area contributed by atoms with E-state index in [9.17, 15) is 4.79 Å². The van der Waals surface area contributed by atoms with Crippen molar-refractivity contribution in [2.24, 2.45) is 0 Å². The van der Waals surface area contributed by atoms with Crippen LogP contribution in [0.4, 0.5) is 11.6 Å². The minimum absolute atomic E-state index is 0.201. The molecule has 5 heteroatoms. The Bertz CT molecular complexity index is 608. The third-order valence-electron chi connectivity index (χ3n) is 3.47. The monoisotopic (exact) mass is 312 g/mol. The smallest absolute Gasteiger partial charge is 0.258 e. The van der Waals surface area contributed by atoms with Crippen LogP contribution in [0.15, 0.2) is 36.7 Å². The summed E-state index contributed by atoms with van der Waals surface area (Å²) in [6, 6.07) is 7.42. The summed E-state index contributed by atoms with van der Waals surface area (Å²) in [5.74, 6) is 1.14. The van der Waals surface area contributed by atoms with E-state index in [1.54, 1.807) is 12.3 Å². The largest absolute Gasteiger partial charge is 0.370 e. The number of nitrogens with zero attached hydrogens (tertiary/aromatic N) is 2. The molecular formula is C18H24N4O. The number of aromatic nitrogens is 2. The zero-order chi connectivity index (χ0) is 16.5. The Balaban J connectivity index is 1.93. The summed E-state index contributed by atoms with van der Waals surface area (Å²) >= 11 is 0. The molecule has 0 fully saturated rings. The fraction of sp³-hybridized carbons (Fsp3) is 0.389. The summed E-state index contributed by atoms with van der Waals surface area (Å²) in [6.07, 6.45) is 7.76. The lowest BCUT2D eigenvalue weighted by molar-refractivity contribution is 0.102. The number of aryl methyl sites for hydroxylation is 1. The first-order valence-electron chi connectivity index (χ1n) is 8.19. The molecule has 0 saturated heterocycles. The third kappa shape index (κ3) is 5.36. The molecule has 0 aliphatic heterocycles. The number of nitrogens with one attached hydrogen (secondary N) is 2. The molecule has 0 aliphatic rings. The van der Waals surface area contributed by atoms with Crippen LogP contribution in [-0.2, 0) is 6.42 Å². The van der Waals surface area contributed by atoms with E-state index < -0.39 is 0 Å². The Labute approximate surface area is 137 Å². The van der Waals surface area contributed by atoms with Crippen molar-refractivity contribution in [3.05, 3.63) is 47.8 Å². The molecule has 0 aromatic carbocycles. The predicted octanol–water partition coefficient (Wildman–Crippen LogP) is 3.89. The van der Waals surface area contributed by atoms with E-state index in [0.717, 1.165) is 38.0 Å². The van der Waals surface area contributed by atoms with Crippen molar-refractivity contribution in [3.8, 4) is 0 Å². The maximum atomic E-state index is 12.2. The molecule has 122 valence electrons. The molecule has 0 atom stereocenters.